The molecule has 0 aliphatic carbocycles. The van der Waals surface area contributed by atoms with Gasteiger partial charge in [0.05, 0.1) is 6.26 Å². The molecule has 1 aromatic carbocycles. The Morgan fingerprint density at radius 2 is 1.95 bits per heavy atom. The van der Waals surface area contributed by atoms with Crippen LogP contribution in [0.5, 0.6) is 0 Å². The van der Waals surface area contributed by atoms with Crippen molar-refractivity contribution in [2.45, 2.75) is 19.1 Å². The van der Waals surface area contributed by atoms with Crippen LogP contribution in [0.15, 0.2) is 47.1 Å². The average molecular weight is 274 g/mol. The fourth-order valence-electron chi connectivity index (χ4n) is 2.24. The molecule has 0 fully saturated rings. The lowest BCUT2D eigenvalue weighted by Gasteiger charge is -2.23. The van der Waals surface area contributed by atoms with Crippen molar-refractivity contribution in [3.63, 3.8) is 0 Å². The third-order valence-electron chi connectivity index (χ3n) is 3.37. The number of benzene rings is 1. The Morgan fingerprint density at radius 3 is 2.60 bits per heavy atom. The molecule has 2 atom stereocenters. The zero-order valence-electron chi connectivity index (χ0n) is 12.2. The third-order valence-corrected chi connectivity index (χ3v) is 3.37. The molecule has 0 unspecified atom stereocenters. The van der Waals surface area contributed by atoms with Crippen LogP contribution in [-0.2, 0) is 0 Å². The molecule has 0 bridgehead atoms. The Bertz CT molecular complexity index is 523. The van der Waals surface area contributed by atoms with Gasteiger partial charge in [0, 0.05) is 32.4 Å². The molecule has 0 amide bonds. The van der Waals surface area contributed by atoms with Crippen LogP contribution in [0.3, 0.4) is 0 Å². The van der Waals surface area contributed by atoms with Gasteiger partial charge >= 0.3 is 0 Å². The number of nitrogens with one attached hydrogen (secondary N) is 1. The Balaban J connectivity index is 2.00. The van der Waals surface area contributed by atoms with E-state index in [4.69, 9.17) is 4.42 Å². The third kappa shape index (κ3) is 3.40. The molecule has 0 aliphatic heterocycles. The van der Waals surface area contributed by atoms with Crippen molar-refractivity contribution in [3.05, 3.63) is 54.0 Å². The predicted octanol–water partition coefficient (Wildman–Crippen LogP) is 2.73. The lowest BCUT2D eigenvalue weighted by molar-refractivity contribution is 0.144. The van der Waals surface area contributed by atoms with Crippen LogP contribution in [0, 0.1) is 0 Å². The van der Waals surface area contributed by atoms with Crippen molar-refractivity contribution in [2.24, 2.45) is 0 Å². The van der Waals surface area contributed by atoms with Crippen molar-refractivity contribution >= 4 is 5.69 Å². The summed E-state index contributed by atoms with van der Waals surface area (Å²) >= 11 is 0. The number of hydrogen-bond donors (Lipinski definition) is 2. The molecule has 2 rings (SSSR count). The van der Waals surface area contributed by atoms with Crippen LogP contribution in [0.1, 0.15) is 30.4 Å². The lowest BCUT2D eigenvalue weighted by Crippen LogP contribution is -2.26. The molecule has 0 saturated heterocycles. The standard InChI is InChI=1S/C16H22N2O2/c1-12(13-7-4-5-8-14(13)18(2)3)17-11-15(19)16-9-6-10-20-16/h4-10,12,15,17,19H,11H2,1-3H3/t12-,15+/m0/s1. The molecule has 1 aromatic heterocycles. The normalized spacial score (nSPS) is 14.0. The van der Waals surface area contributed by atoms with Gasteiger partial charge in [-0.2, -0.15) is 0 Å². The number of nitrogens with zero attached hydrogens (tertiary/aromatic N) is 1. The molecule has 2 aromatic rings. The van der Waals surface area contributed by atoms with Crippen molar-refractivity contribution in [3.8, 4) is 0 Å². The van der Waals surface area contributed by atoms with Gasteiger partial charge in [0.15, 0.2) is 0 Å². The van der Waals surface area contributed by atoms with Gasteiger partial charge in [-0.15, -0.1) is 0 Å². The van der Waals surface area contributed by atoms with E-state index in [1.807, 2.05) is 26.2 Å². The summed E-state index contributed by atoms with van der Waals surface area (Å²) in [6, 6.07) is 12.0. The summed E-state index contributed by atoms with van der Waals surface area (Å²) in [5.41, 5.74) is 2.39. The molecule has 0 saturated carbocycles. The highest BCUT2D eigenvalue weighted by atomic mass is 16.4. The fraction of sp³-hybridized carbons (Fsp3) is 0.375. The molecule has 108 valence electrons. The first kappa shape index (κ1) is 14.6. The molecular weight excluding hydrogens is 252 g/mol. The maximum atomic E-state index is 10.0. The van der Waals surface area contributed by atoms with Crippen molar-refractivity contribution in [2.75, 3.05) is 25.5 Å². The van der Waals surface area contributed by atoms with E-state index >= 15 is 0 Å². The summed E-state index contributed by atoms with van der Waals surface area (Å²) in [6.07, 6.45) is 0.947. The molecular formula is C16H22N2O2. The second kappa shape index (κ2) is 6.59. The van der Waals surface area contributed by atoms with Gasteiger partial charge in [0.2, 0.25) is 0 Å². The summed E-state index contributed by atoms with van der Waals surface area (Å²) in [6.45, 7) is 2.55. The van der Waals surface area contributed by atoms with Crippen molar-refractivity contribution in [1.29, 1.82) is 0 Å². The van der Waals surface area contributed by atoms with E-state index < -0.39 is 6.10 Å². The highest BCUT2D eigenvalue weighted by Crippen LogP contribution is 2.25. The number of furan rings is 1. The Kier molecular flexibility index (Phi) is 4.82. The minimum Gasteiger partial charge on any atom is -0.467 e. The van der Waals surface area contributed by atoms with Crippen molar-refractivity contribution < 1.29 is 9.52 Å². The summed E-state index contributed by atoms with van der Waals surface area (Å²) in [5, 5.41) is 13.4. The van der Waals surface area contributed by atoms with Crippen LogP contribution >= 0.6 is 0 Å². The predicted molar refractivity (Wildman–Crippen MR) is 80.9 cm³/mol. The monoisotopic (exact) mass is 274 g/mol. The van der Waals surface area contributed by atoms with Crippen LogP contribution in [0.25, 0.3) is 0 Å². The second-order valence-electron chi connectivity index (χ2n) is 5.11. The molecule has 0 aliphatic rings. The minimum atomic E-state index is -0.626. The SMILES string of the molecule is C[C@H](NC[C@@H](O)c1ccco1)c1ccccc1N(C)C. The van der Waals surface area contributed by atoms with E-state index in [1.165, 1.54) is 11.3 Å². The second-order valence-corrected chi connectivity index (χ2v) is 5.11. The smallest absolute Gasteiger partial charge is 0.133 e. The van der Waals surface area contributed by atoms with Crippen LogP contribution in [0.4, 0.5) is 5.69 Å². The van der Waals surface area contributed by atoms with E-state index in [0.29, 0.717) is 12.3 Å². The number of rotatable bonds is 6. The molecule has 2 N–H and O–H groups in total. The largest absolute Gasteiger partial charge is 0.467 e. The van der Waals surface area contributed by atoms with Gasteiger partial charge in [0.25, 0.3) is 0 Å². The summed E-state index contributed by atoms with van der Waals surface area (Å²) in [4.78, 5) is 2.09. The fourth-order valence-corrected chi connectivity index (χ4v) is 2.24. The number of aliphatic hydroxyl groups is 1. The zero-order valence-corrected chi connectivity index (χ0v) is 12.2. The van der Waals surface area contributed by atoms with Crippen LogP contribution in [0.2, 0.25) is 0 Å². The molecule has 4 heteroatoms. The Labute approximate surface area is 120 Å². The summed E-state index contributed by atoms with van der Waals surface area (Å²) in [5.74, 6) is 0.589. The first-order chi connectivity index (χ1) is 9.59. The van der Waals surface area contributed by atoms with E-state index in [1.54, 1.807) is 18.4 Å². The molecule has 20 heavy (non-hydrogen) atoms. The molecule has 1 heterocycles. The average Bonchev–Trinajstić information content (AvgIpc) is 2.98. The van der Waals surface area contributed by atoms with Gasteiger partial charge in [0.1, 0.15) is 11.9 Å². The van der Waals surface area contributed by atoms with Gasteiger partial charge in [-0.25, -0.2) is 0 Å². The lowest BCUT2D eigenvalue weighted by atomic mass is 10.1. The van der Waals surface area contributed by atoms with Crippen LogP contribution in [-0.4, -0.2) is 25.7 Å². The maximum absolute atomic E-state index is 10.0. The maximum Gasteiger partial charge on any atom is 0.133 e. The van der Waals surface area contributed by atoms with E-state index in [9.17, 15) is 5.11 Å². The van der Waals surface area contributed by atoms with Gasteiger partial charge in [-0.3, -0.25) is 0 Å². The highest BCUT2D eigenvalue weighted by Gasteiger charge is 2.15. The van der Waals surface area contributed by atoms with E-state index in [0.717, 1.165) is 0 Å². The van der Waals surface area contributed by atoms with Crippen LogP contribution < -0.4 is 10.2 Å². The first-order valence-electron chi connectivity index (χ1n) is 6.80. The Hall–Kier alpha value is -1.78. The van der Waals surface area contributed by atoms with E-state index in [-0.39, 0.29) is 6.04 Å². The van der Waals surface area contributed by atoms with Gasteiger partial charge < -0.3 is 19.7 Å². The Morgan fingerprint density at radius 1 is 1.20 bits per heavy atom. The number of para-hydroxylation sites is 1. The molecule has 0 radical (unpaired) electrons. The number of aliphatic hydroxyl groups excluding tert-OH is 1. The first-order valence-corrected chi connectivity index (χ1v) is 6.80. The van der Waals surface area contributed by atoms with Crippen molar-refractivity contribution in [1.82, 2.24) is 5.32 Å². The van der Waals surface area contributed by atoms with E-state index in [2.05, 4.69) is 29.3 Å². The quantitative estimate of drug-likeness (QED) is 0.850. The van der Waals surface area contributed by atoms with Gasteiger partial charge in [-0.1, -0.05) is 18.2 Å². The minimum absolute atomic E-state index is 0.151. The topological polar surface area (TPSA) is 48.6 Å². The zero-order chi connectivity index (χ0) is 14.5. The highest BCUT2D eigenvalue weighted by molar-refractivity contribution is 5.53. The number of anilines is 1. The van der Waals surface area contributed by atoms with Gasteiger partial charge in [-0.05, 0) is 30.7 Å². The number of hydrogen-bond acceptors (Lipinski definition) is 4. The summed E-state index contributed by atoms with van der Waals surface area (Å²) < 4.78 is 5.20. The molecule has 0 spiro atoms. The summed E-state index contributed by atoms with van der Waals surface area (Å²) in [7, 11) is 4.06. The molecule has 4 nitrogen and oxygen atoms in total.